The molecule has 0 aliphatic carbocycles. The molecule has 8 nitrogen and oxygen atoms in total. The quantitative estimate of drug-likeness (QED) is 0.500. The molecule has 3 rings (SSSR count). The fourth-order valence-electron chi connectivity index (χ4n) is 2.89. The summed E-state index contributed by atoms with van der Waals surface area (Å²) in [6.45, 7) is 3.90. The minimum absolute atomic E-state index is 0.0800. The molecule has 0 unspecified atom stereocenters. The van der Waals surface area contributed by atoms with Gasteiger partial charge in [0, 0.05) is 12.7 Å². The van der Waals surface area contributed by atoms with Gasteiger partial charge in [0.05, 0.1) is 24.2 Å². The van der Waals surface area contributed by atoms with E-state index in [4.69, 9.17) is 0 Å². The van der Waals surface area contributed by atoms with Crippen LogP contribution in [-0.4, -0.2) is 41.1 Å². The normalized spacial score (nSPS) is 11.4. The third-order valence-electron chi connectivity index (χ3n) is 4.85. The third kappa shape index (κ3) is 5.86. The molecule has 32 heavy (non-hydrogen) atoms. The minimum Gasteiger partial charge on any atom is -0.325 e. The van der Waals surface area contributed by atoms with Crippen molar-refractivity contribution >= 4 is 39.1 Å². The number of benzene rings is 2. The second kappa shape index (κ2) is 9.70. The average Bonchev–Trinajstić information content (AvgIpc) is 3.07. The van der Waals surface area contributed by atoms with E-state index in [0.717, 1.165) is 27.4 Å². The molecule has 1 N–H and O–H groups in total. The van der Waals surface area contributed by atoms with Gasteiger partial charge in [-0.15, -0.1) is 10.2 Å². The van der Waals surface area contributed by atoms with Crippen LogP contribution in [0.15, 0.2) is 47.6 Å². The van der Waals surface area contributed by atoms with Crippen LogP contribution in [0.5, 0.6) is 0 Å². The lowest BCUT2D eigenvalue weighted by Crippen LogP contribution is -2.30. The largest absolute Gasteiger partial charge is 0.325 e. The molecule has 2 aromatic carbocycles. The fraction of sp³-hybridized carbons (Fsp3) is 0.286. The number of amides is 1. The third-order valence-corrected chi connectivity index (χ3v) is 7.01. The topological polar surface area (TPSA) is 97.2 Å². The van der Waals surface area contributed by atoms with Crippen molar-refractivity contribution in [1.29, 1.82) is 0 Å². The number of nitrogens with zero attached hydrogens (tertiary/aromatic N) is 4. The maximum atomic E-state index is 13.2. The molecule has 1 aromatic heterocycles. The van der Waals surface area contributed by atoms with E-state index in [2.05, 4.69) is 15.5 Å². The highest BCUT2D eigenvalue weighted by Gasteiger charge is 2.22. The lowest BCUT2D eigenvalue weighted by Gasteiger charge is -2.21. The molecule has 0 spiro atoms. The Balaban J connectivity index is 1.68. The van der Waals surface area contributed by atoms with Crippen molar-refractivity contribution in [2.45, 2.75) is 25.5 Å². The Morgan fingerprint density at radius 3 is 2.44 bits per heavy atom. The summed E-state index contributed by atoms with van der Waals surface area (Å²) in [6.07, 6.45) is 1.07. The standard InChI is InChI=1S/C21H24FN5O3S2/c1-14-5-8-17(11-15(14)2)23-20(28)13-31-21-25-24-19(26(21)3)12-27(32(4,29)30)18-9-6-16(22)7-10-18/h5-11H,12-13H2,1-4H3,(H,23,28). The number of hydrogen-bond donors (Lipinski definition) is 1. The summed E-state index contributed by atoms with van der Waals surface area (Å²) in [7, 11) is -1.95. The van der Waals surface area contributed by atoms with Crippen molar-refractivity contribution < 1.29 is 17.6 Å². The molecule has 0 radical (unpaired) electrons. The summed E-state index contributed by atoms with van der Waals surface area (Å²) in [5.74, 6) is -0.144. The maximum absolute atomic E-state index is 13.2. The number of aromatic nitrogens is 3. The average molecular weight is 478 g/mol. The first kappa shape index (κ1) is 23.7. The van der Waals surface area contributed by atoms with E-state index in [9.17, 15) is 17.6 Å². The number of rotatable bonds is 8. The lowest BCUT2D eigenvalue weighted by molar-refractivity contribution is -0.113. The molecule has 0 aliphatic rings. The van der Waals surface area contributed by atoms with Crippen LogP contribution < -0.4 is 9.62 Å². The number of carbonyl (C=O) groups is 1. The van der Waals surface area contributed by atoms with Gasteiger partial charge in [0.15, 0.2) is 11.0 Å². The van der Waals surface area contributed by atoms with Crippen molar-refractivity contribution in [3.05, 3.63) is 65.2 Å². The molecule has 0 aliphatic heterocycles. The summed E-state index contributed by atoms with van der Waals surface area (Å²) < 4.78 is 40.6. The van der Waals surface area contributed by atoms with Crippen LogP contribution in [0.25, 0.3) is 0 Å². The monoisotopic (exact) mass is 477 g/mol. The maximum Gasteiger partial charge on any atom is 0.234 e. The number of anilines is 2. The van der Waals surface area contributed by atoms with Gasteiger partial charge in [-0.1, -0.05) is 17.8 Å². The van der Waals surface area contributed by atoms with Crippen molar-refractivity contribution in [1.82, 2.24) is 14.8 Å². The highest BCUT2D eigenvalue weighted by molar-refractivity contribution is 7.99. The Labute approximate surface area is 190 Å². The molecule has 11 heteroatoms. The summed E-state index contributed by atoms with van der Waals surface area (Å²) in [6, 6.07) is 10.9. The lowest BCUT2D eigenvalue weighted by atomic mass is 10.1. The number of hydrogen-bond acceptors (Lipinski definition) is 6. The fourth-order valence-corrected chi connectivity index (χ4v) is 4.48. The van der Waals surface area contributed by atoms with E-state index >= 15 is 0 Å². The highest BCUT2D eigenvalue weighted by Crippen LogP contribution is 2.23. The molecule has 0 atom stereocenters. The predicted molar refractivity (Wildman–Crippen MR) is 124 cm³/mol. The molecule has 0 fully saturated rings. The first-order valence-corrected chi connectivity index (χ1v) is 12.5. The first-order chi connectivity index (χ1) is 15.0. The highest BCUT2D eigenvalue weighted by atomic mass is 32.2. The van der Waals surface area contributed by atoms with E-state index < -0.39 is 15.8 Å². The Morgan fingerprint density at radius 2 is 1.81 bits per heavy atom. The van der Waals surface area contributed by atoms with E-state index in [-0.39, 0.29) is 18.2 Å². The van der Waals surface area contributed by atoms with Crippen LogP contribution in [0, 0.1) is 19.7 Å². The van der Waals surface area contributed by atoms with Crippen LogP contribution in [0.1, 0.15) is 17.0 Å². The number of halogens is 1. The van der Waals surface area contributed by atoms with Gasteiger partial charge < -0.3 is 9.88 Å². The summed E-state index contributed by atoms with van der Waals surface area (Å²) >= 11 is 1.19. The molecule has 3 aromatic rings. The van der Waals surface area contributed by atoms with Crippen LogP contribution >= 0.6 is 11.8 Å². The van der Waals surface area contributed by atoms with E-state index in [1.807, 2.05) is 32.0 Å². The predicted octanol–water partition coefficient (Wildman–Crippen LogP) is 3.27. The summed E-state index contributed by atoms with van der Waals surface area (Å²) in [5.41, 5.74) is 3.28. The molecular formula is C21H24FN5O3S2. The number of aryl methyl sites for hydroxylation is 2. The summed E-state index contributed by atoms with van der Waals surface area (Å²) in [4.78, 5) is 12.3. The Hall–Kier alpha value is -2.92. The molecule has 170 valence electrons. The zero-order valence-corrected chi connectivity index (χ0v) is 19.8. The molecule has 0 bridgehead atoms. The molecule has 0 saturated heterocycles. The molecular weight excluding hydrogens is 453 g/mol. The van der Waals surface area contributed by atoms with Crippen LogP contribution in [0.3, 0.4) is 0 Å². The SMILES string of the molecule is Cc1ccc(NC(=O)CSc2nnc(CN(c3ccc(F)cc3)S(C)(=O)=O)n2C)cc1C. The second-order valence-electron chi connectivity index (χ2n) is 7.34. The van der Waals surface area contributed by atoms with Gasteiger partial charge in [0.25, 0.3) is 0 Å². The first-order valence-electron chi connectivity index (χ1n) is 9.66. The number of nitrogens with one attached hydrogen (secondary N) is 1. The van der Waals surface area contributed by atoms with Crippen molar-refractivity contribution in [3.8, 4) is 0 Å². The molecule has 0 saturated carbocycles. The van der Waals surface area contributed by atoms with Gasteiger partial charge in [0.2, 0.25) is 15.9 Å². The van der Waals surface area contributed by atoms with Crippen molar-refractivity contribution in [2.75, 3.05) is 21.6 Å². The summed E-state index contributed by atoms with van der Waals surface area (Å²) in [5, 5.41) is 11.5. The van der Waals surface area contributed by atoms with Crippen molar-refractivity contribution in [3.63, 3.8) is 0 Å². The van der Waals surface area contributed by atoms with E-state index in [1.165, 1.54) is 36.0 Å². The van der Waals surface area contributed by atoms with Gasteiger partial charge in [-0.3, -0.25) is 9.10 Å². The number of sulfonamides is 1. The van der Waals surface area contributed by atoms with Crippen LogP contribution in [0.2, 0.25) is 0 Å². The van der Waals surface area contributed by atoms with Crippen LogP contribution in [0.4, 0.5) is 15.8 Å². The van der Waals surface area contributed by atoms with Gasteiger partial charge in [0.1, 0.15) is 5.82 Å². The van der Waals surface area contributed by atoms with Gasteiger partial charge in [-0.2, -0.15) is 0 Å². The van der Waals surface area contributed by atoms with E-state index in [0.29, 0.717) is 16.7 Å². The van der Waals surface area contributed by atoms with Crippen molar-refractivity contribution in [2.24, 2.45) is 7.05 Å². The number of carbonyl (C=O) groups excluding carboxylic acids is 1. The van der Waals surface area contributed by atoms with Gasteiger partial charge in [-0.05, 0) is 61.4 Å². The Morgan fingerprint density at radius 1 is 1.12 bits per heavy atom. The van der Waals surface area contributed by atoms with Gasteiger partial charge >= 0.3 is 0 Å². The van der Waals surface area contributed by atoms with Crippen LogP contribution in [-0.2, 0) is 28.4 Å². The number of thioether (sulfide) groups is 1. The van der Waals surface area contributed by atoms with Gasteiger partial charge in [-0.25, -0.2) is 12.8 Å². The second-order valence-corrected chi connectivity index (χ2v) is 10.2. The Bertz CT molecular complexity index is 1230. The minimum atomic E-state index is -3.64. The smallest absolute Gasteiger partial charge is 0.234 e. The molecule has 1 heterocycles. The molecule has 1 amide bonds. The Kier molecular flexibility index (Phi) is 7.19. The zero-order chi connectivity index (χ0) is 23.5. The van der Waals surface area contributed by atoms with E-state index in [1.54, 1.807) is 11.6 Å². The zero-order valence-electron chi connectivity index (χ0n) is 18.2.